The Morgan fingerprint density at radius 2 is 1.86 bits per heavy atom. The number of piperidine rings is 1. The van der Waals surface area contributed by atoms with E-state index in [0.29, 0.717) is 18.4 Å². The standard InChI is InChI=1S/C20H31F3N4O/c1-3-24-19(25-14-16-4-6-18(7-5-16)20(21,22)23)26-15-17-8-10-27(11-9-17)12-13-28-2/h4-7,17H,3,8-15H2,1-2H3,(H2,24,25,26). The van der Waals surface area contributed by atoms with Gasteiger partial charge in [-0.2, -0.15) is 13.2 Å². The first-order valence-corrected chi connectivity index (χ1v) is 9.82. The van der Waals surface area contributed by atoms with Crippen LogP contribution in [-0.4, -0.2) is 57.3 Å². The number of nitrogens with one attached hydrogen (secondary N) is 2. The highest BCUT2D eigenvalue weighted by Gasteiger charge is 2.29. The maximum atomic E-state index is 12.6. The van der Waals surface area contributed by atoms with Gasteiger partial charge in [0.25, 0.3) is 0 Å². The average molecular weight is 400 g/mol. The van der Waals surface area contributed by atoms with Gasteiger partial charge in [0.15, 0.2) is 5.96 Å². The van der Waals surface area contributed by atoms with E-state index in [1.165, 1.54) is 12.1 Å². The first-order valence-electron chi connectivity index (χ1n) is 9.82. The summed E-state index contributed by atoms with van der Waals surface area (Å²) in [6.45, 7) is 7.81. The zero-order valence-electron chi connectivity index (χ0n) is 16.7. The van der Waals surface area contributed by atoms with Crippen LogP contribution in [0.4, 0.5) is 13.2 Å². The summed E-state index contributed by atoms with van der Waals surface area (Å²) in [6.07, 6.45) is -2.04. The van der Waals surface area contributed by atoms with E-state index in [9.17, 15) is 13.2 Å². The predicted octanol–water partition coefficient (Wildman–Crippen LogP) is 3.12. The van der Waals surface area contributed by atoms with Crippen LogP contribution >= 0.6 is 0 Å². The number of likely N-dealkylation sites (tertiary alicyclic amines) is 1. The molecule has 0 spiro atoms. The number of methoxy groups -OCH3 is 1. The number of rotatable bonds is 8. The molecular weight excluding hydrogens is 369 g/mol. The van der Waals surface area contributed by atoms with Crippen molar-refractivity contribution in [1.29, 1.82) is 0 Å². The van der Waals surface area contributed by atoms with Crippen molar-refractivity contribution >= 4 is 5.96 Å². The van der Waals surface area contributed by atoms with Crippen LogP contribution < -0.4 is 10.6 Å². The fourth-order valence-corrected chi connectivity index (χ4v) is 3.19. The van der Waals surface area contributed by atoms with E-state index >= 15 is 0 Å². The summed E-state index contributed by atoms with van der Waals surface area (Å²) >= 11 is 0. The van der Waals surface area contributed by atoms with E-state index in [1.807, 2.05) is 6.92 Å². The number of ether oxygens (including phenoxy) is 1. The minimum Gasteiger partial charge on any atom is -0.383 e. The van der Waals surface area contributed by atoms with Crippen molar-refractivity contribution in [3.63, 3.8) is 0 Å². The van der Waals surface area contributed by atoms with Crippen LogP contribution in [0.1, 0.15) is 30.9 Å². The Hall–Kier alpha value is -1.80. The normalized spacial score (nSPS) is 17.0. The summed E-state index contributed by atoms with van der Waals surface area (Å²) in [5, 5.41) is 6.57. The number of aliphatic imine (C=N–C) groups is 1. The molecule has 1 aliphatic heterocycles. The first kappa shape index (κ1) is 22.5. The molecule has 0 saturated carbocycles. The summed E-state index contributed by atoms with van der Waals surface area (Å²) in [7, 11) is 1.73. The molecule has 0 aromatic heterocycles. The van der Waals surface area contributed by atoms with Gasteiger partial charge in [0.05, 0.1) is 18.7 Å². The summed E-state index contributed by atoms with van der Waals surface area (Å²) in [6, 6.07) is 5.16. The molecule has 1 saturated heterocycles. The van der Waals surface area contributed by atoms with Gasteiger partial charge >= 0.3 is 6.18 Å². The Labute approximate surface area is 165 Å². The van der Waals surface area contributed by atoms with Crippen LogP contribution in [0, 0.1) is 5.92 Å². The van der Waals surface area contributed by atoms with Gasteiger partial charge in [-0.25, -0.2) is 4.99 Å². The zero-order valence-corrected chi connectivity index (χ0v) is 16.7. The largest absolute Gasteiger partial charge is 0.416 e. The molecule has 28 heavy (non-hydrogen) atoms. The van der Waals surface area contributed by atoms with Crippen LogP contribution in [0.25, 0.3) is 0 Å². The van der Waals surface area contributed by atoms with Gasteiger partial charge < -0.3 is 20.3 Å². The molecule has 1 aromatic rings. The molecule has 158 valence electrons. The molecule has 2 N–H and O–H groups in total. The highest BCUT2D eigenvalue weighted by Crippen LogP contribution is 2.29. The molecule has 5 nitrogen and oxygen atoms in total. The third-order valence-corrected chi connectivity index (χ3v) is 4.92. The van der Waals surface area contributed by atoms with Gasteiger partial charge in [0.2, 0.25) is 0 Å². The van der Waals surface area contributed by atoms with E-state index in [0.717, 1.165) is 69.9 Å². The zero-order chi connectivity index (χ0) is 20.4. The molecule has 0 bridgehead atoms. The van der Waals surface area contributed by atoms with Crippen LogP contribution in [-0.2, 0) is 17.5 Å². The minimum absolute atomic E-state index is 0.336. The molecule has 0 radical (unpaired) electrons. The van der Waals surface area contributed by atoms with Crippen molar-refractivity contribution in [3.8, 4) is 0 Å². The molecule has 2 rings (SSSR count). The minimum atomic E-state index is -4.31. The van der Waals surface area contributed by atoms with Gasteiger partial charge in [-0.15, -0.1) is 0 Å². The Morgan fingerprint density at radius 1 is 1.18 bits per heavy atom. The van der Waals surface area contributed by atoms with E-state index < -0.39 is 11.7 Å². The fourth-order valence-electron chi connectivity index (χ4n) is 3.19. The topological polar surface area (TPSA) is 48.9 Å². The van der Waals surface area contributed by atoms with E-state index in [-0.39, 0.29) is 0 Å². The van der Waals surface area contributed by atoms with Crippen molar-refractivity contribution in [2.45, 2.75) is 32.5 Å². The second-order valence-electron chi connectivity index (χ2n) is 7.05. The number of hydrogen-bond acceptors (Lipinski definition) is 3. The number of benzene rings is 1. The number of nitrogens with zero attached hydrogens (tertiary/aromatic N) is 2. The summed E-state index contributed by atoms with van der Waals surface area (Å²) in [5.74, 6) is 1.29. The lowest BCUT2D eigenvalue weighted by atomic mass is 9.97. The molecule has 0 amide bonds. The quantitative estimate of drug-likeness (QED) is 0.520. The Bertz CT molecular complexity index is 596. The van der Waals surface area contributed by atoms with Crippen LogP contribution in [0.15, 0.2) is 29.3 Å². The number of alkyl halides is 3. The summed E-state index contributed by atoms with van der Waals surface area (Å²) in [4.78, 5) is 6.92. The van der Waals surface area contributed by atoms with Crippen molar-refractivity contribution < 1.29 is 17.9 Å². The van der Waals surface area contributed by atoms with Crippen molar-refractivity contribution in [2.75, 3.05) is 46.4 Å². The number of guanidine groups is 1. The van der Waals surface area contributed by atoms with Crippen LogP contribution in [0.3, 0.4) is 0 Å². The SMILES string of the molecule is CCNC(=NCc1ccc(C(F)(F)F)cc1)NCC1CCN(CCOC)CC1. The molecular formula is C20H31F3N4O. The van der Waals surface area contributed by atoms with Gasteiger partial charge in [-0.1, -0.05) is 12.1 Å². The van der Waals surface area contributed by atoms with Crippen LogP contribution in [0.5, 0.6) is 0 Å². The summed E-state index contributed by atoms with van der Waals surface area (Å²) < 4.78 is 43.0. The molecule has 0 atom stereocenters. The Kier molecular flexibility index (Phi) is 9.05. The predicted molar refractivity (Wildman–Crippen MR) is 105 cm³/mol. The molecule has 1 aliphatic rings. The fraction of sp³-hybridized carbons (Fsp3) is 0.650. The monoisotopic (exact) mass is 400 g/mol. The number of halogens is 3. The van der Waals surface area contributed by atoms with Crippen molar-refractivity contribution in [1.82, 2.24) is 15.5 Å². The maximum absolute atomic E-state index is 12.6. The van der Waals surface area contributed by atoms with Gasteiger partial charge in [0, 0.05) is 26.7 Å². The van der Waals surface area contributed by atoms with Crippen molar-refractivity contribution in [3.05, 3.63) is 35.4 Å². The Morgan fingerprint density at radius 3 is 2.43 bits per heavy atom. The van der Waals surface area contributed by atoms with Crippen LogP contribution in [0.2, 0.25) is 0 Å². The van der Waals surface area contributed by atoms with Gasteiger partial charge in [-0.05, 0) is 56.5 Å². The highest BCUT2D eigenvalue weighted by molar-refractivity contribution is 5.79. The molecule has 1 heterocycles. The molecule has 1 aromatic carbocycles. The third-order valence-electron chi connectivity index (χ3n) is 4.92. The first-order chi connectivity index (χ1) is 13.4. The molecule has 0 unspecified atom stereocenters. The summed E-state index contributed by atoms with van der Waals surface area (Å²) in [5.41, 5.74) is 0.110. The molecule has 0 aliphatic carbocycles. The second kappa shape index (κ2) is 11.3. The van der Waals surface area contributed by atoms with E-state index in [4.69, 9.17) is 4.74 Å². The van der Waals surface area contributed by atoms with E-state index in [2.05, 4.69) is 20.5 Å². The molecule has 8 heteroatoms. The van der Waals surface area contributed by atoms with Crippen molar-refractivity contribution in [2.24, 2.45) is 10.9 Å². The lowest BCUT2D eigenvalue weighted by Gasteiger charge is -2.32. The number of hydrogen-bond donors (Lipinski definition) is 2. The third kappa shape index (κ3) is 7.67. The van der Waals surface area contributed by atoms with Gasteiger partial charge in [0.1, 0.15) is 0 Å². The Balaban J connectivity index is 1.81. The lowest BCUT2D eigenvalue weighted by Crippen LogP contribution is -2.43. The highest BCUT2D eigenvalue weighted by atomic mass is 19.4. The van der Waals surface area contributed by atoms with Gasteiger partial charge in [-0.3, -0.25) is 0 Å². The van der Waals surface area contributed by atoms with E-state index in [1.54, 1.807) is 7.11 Å². The average Bonchev–Trinajstić information content (AvgIpc) is 2.69. The maximum Gasteiger partial charge on any atom is 0.416 e. The lowest BCUT2D eigenvalue weighted by molar-refractivity contribution is -0.137. The molecule has 1 fully saturated rings. The smallest absolute Gasteiger partial charge is 0.383 e. The second-order valence-corrected chi connectivity index (χ2v) is 7.05.